The summed E-state index contributed by atoms with van der Waals surface area (Å²) in [5.74, 6) is -0.575. The van der Waals surface area contributed by atoms with Crippen molar-refractivity contribution in [2.24, 2.45) is 0 Å². The minimum Gasteiger partial charge on any atom is -0.194 e. The molecule has 0 bridgehead atoms. The average molecular weight is 253 g/mol. The Morgan fingerprint density at radius 1 is 1.33 bits per heavy atom. The first kappa shape index (κ1) is 9.67. The number of halogens is 2. The maximum absolute atomic E-state index is 12.2. The van der Waals surface area contributed by atoms with Gasteiger partial charge in [-0.2, -0.15) is 8.42 Å². The van der Waals surface area contributed by atoms with Gasteiger partial charge >= 0.3 is 10.2 Å². The maximum atomic E-state index is 12.2. The van der Waals surface area contributed by atoms with Crippen molar-refractivity contribution in [3.63, 3.8) is 0 Å². The Labute approximate surface area is 78.8 Å². The monoisotopic (exact) mass is 252 g/mol. The van der Waals surface area contributed by atoms with Crippen LogP contribution in [0.2, 0.25) is 0 Å². The Bertz CT molecular complexity index is 375. The van der Waals surface area contributed by atoms with Gasteiger partial charge in [-0.3, -0.25) is 0 Å². The predicted octanol–water partition coefficient (Wildman–Crippen LogP) is 2.25. The lowest BCUT2D eigenvalue weighted by atomic mass is 10.2. The molecule has 0 spiro atoms. The van der Waals surface area contributed by atoms with Crippen molar-refractivity contribution >= 4 is 26.2 Å². The third-order valence-corrected chi connectivity index (χ3v) is 2.72. The van der Waals surface area contributed by atoms with Crippen LogP contribution >= 0.6 is 15.9 Å². The van der Waals surface area contributed by atoms with Crippen molar-refractivity contribution in [1.29, 1.82) is 0 Å². The summed E-state index contributed by atoms with van der Waals surface area (Å²) in [4.78, 5) is 0. The molecule has 0 amide bonds. The Hall–Kier alpha value is -0.420. The molecule has 66 valence electrons. The van der Waals surface area contributed by atoms with Crippen LogP contribution in [-0.2, 0) is 16.0 Å². The number of rotatable bonds is 2. The lowest BCUT2D eigenvalue weighted by molar-refractivity contribution is 0.551. The van der Waals surface area contributed by atoms with E-state index < -0.39 is 16.0 Å². The van der Waals surface area contributed by atoms with Crippen LogP contribution in [0.3, 0.4) is 0 Å². The van der Waals surface area contributed by atoms with E-state index in [0.29, 0.717) is 10.0 Å². The highest BCUT2D eigenvalue weighted by molar-refractivity contribution is 9.10. The molecule has 0 aliphatic heterocycles. The molecule has 1 aromatic carbocycles. The summed E-state index contributed by atoms with van der Waals surface area (Å²) in [7, 11) is -4.43. The van der Waals surface area contributed by atoms with Gasteiger partial charge in [0, 0.05) is 4.47 Å². The van der Waals surface area contributed by atoms with Crippen LogP contribution in [0.1, 0.15) is 5.56 Å². The lowest BCUT2D eigenvalue weighted by Crippen LogP contribution is -1.96. The van der Waals surface area contributed by atoms with Gasteiger partial charge in [-0.1, -0.05) is 34.1 Å². The van der Waals surface area contributed by atoms with E-state index in [1.807, 2.05) is 0 Å². The van der Waals surface area contributed by atoms with Gasteiger partial charge in [-0.25, -0.2) is 0 Å². The molecule has 0 atom stereocenters. The van der Waals surface area contributed by atoms with Crippen LogP contribution in [-0.4, -0.2) is 8.42 Å². The van der Waals surface area contributed by atoms with Crippen LogP contribution in [0.4, 0.5) is 3.89 Å². The normalized spacial score (nSPS) is 11.5. The molecule has 2 nitrogen and oxygen atoms in total. The average Bonchev–Trinajstić information content (AvgIpc) is 1.91. The van der Waals surface area contributed by atoms with E-state index in [4.69, 9.17) is 0 Å². The quantitative estimate of drug-likeness (QED) is 0.757. The fraction of sp³-hybridized carbons (Fsp3) is 0.143. The highest BCUT2D eigenvalue weighted by Crippen LogP contribution is 2.18. The largest absolute Gasteiger partial charge is 0.306 e. The summed E-state index contributed by atoms with van der Waals surface area (Å²) in [6.45, 7) is 0. The van der Waals surface area contributed by atoms with Gasteiger partial charge in [0.2, 0.25) is 0 Å². The SMILES string of the molecule is O=S(=O)(F)Cc1ccccc1Br. The number of hydrogen-bond donors (Lipinski definition) is 0. The maximum Gasteiger partial charge on any atom is 0.306 e. The minimum absolute atomic E-state index is 0.431. The molecule has 0 radical (unpaired) electrons. The molecule has 0 aliphatic carbocycles. The Morgan fingerprint density at radius 3 is 2.42 bits per heavy atom. The Morgan fingerprint density at radius 2 is 1.92 bits per heavy atom. The summed E-state index contributed by atoms with van der Waals surface area (Å²) in [6, 6.07) is 6.62. The van der Waals surface area contributed by atoms with E-state index in [-0.39, 0.29) is 0 Å². The Balaban J connectivity index is 2.98. The van der Waals surface area contributed by atoms with Gasteiger partial charge < -0.3 is 0 Å². The van der Waals surface area contributed by atoms with E-state index in [0.717, 1.165) is 0 Å². The van der Waals surface area contributed by atoms with Crippen molar-refractivity contribution in [2.45, 2.75) is 5.75 Å². The van der Waals surface area contributed by atoms with E-state index in [2.05, 4.69) is 15.9 Å². The number of hydrogen-bond acceptors (Lipinski definition) is 2. The summed E-state index contributed by atoms with van der Waals surface area (Å²) in [5.41, 5.74) is 0.431. The predicted molar refractivity (Wildman–Crippen MR) is 47.9 cm³/mol. The van der Waals surface area contributed by atoms with Crippen LogP contribution in [0.25, 0.3) is 0 Å². The third kappa shape index (κ3) is 2.91. The summed E-state index contributed by atoms with van der Waals surface area (Å²) >= 11 is 3.12. The number of benzene rings is 1. The molecule has 0 fully saturated rings. The molecule has 0 aliphatic rings. The molecule has 0 heterocycles. The lowest BCUT2D eigenvalue weighted by Gasteiger charge is -1.98. The van der Waals surface area contributed by atoms with Gasteiger partial charge in [0.05, 0.1) is 0 Å². The minimum atomic E-state index is -4.43. The van der Waals surface area contributed by atoms with Gasteiger partial charge in [0.1, 0.15) is 5.75 Å². The molecule has 0 saturated heterocycles. The van der Waals surface area contributed by atoms with Crippen molar-refractivity contribution in [1.82, 2.24) is 0 Å². The molecule has 0 saturated carbocycles. The van der Waals surface area contributed by atoms with E-state index in [9.17, 15) is 12.3 Å². The molecule has 0 unspecified atom stereocenters. The summed E-state index contributed by atoms with van der Waals surface area (Å²) < 4.78 is 33.3. The van der Waals surface area contributed by atoms with Crippen molar-refractivity contribution in [2.75, 3.05) is 0 Å². The molecule has 5 heteroatoms. The zero-order chi connectivity index (χ0) is 9.19. The first-order valence-corrected chi connectivity index (χ1v) is 5.49. The molecule has 0 N–H and O–H groups in total. The highest BCUT2D eigenvalue weighted by Gasteiger charge is 2.10. The molecular formula is C7H6BrFO2S. The zero-order valence-electron chi connectivity index (χ0n) is 6.00. The second-order valence-electron chi connectivity index (χ2n) is 2.27. The standard InChI is InChI=1S/C7H6BrFO2S/c8-7-4-2-1-3-6(7)5-12(9,10)11/h1-4H,5H2. The third-order valence-electron chi connectivity index (χ3n) is 1.29. The first-order valence-electron chi connectivity index (χ1n) is 3.15. The smallest absolute Gasteiger partial charge is 0.194 e. The Kier molecular flexibility index (Phi) is 2.85. The second-order valence-corrected chi connectivity index (χ2v) is 4.50. The first-order chi connectivity index (χ1) is 5.49. The molecule has 12 heavy (non-hydrogen) atoms. The molecule has 0 aromatic heterocycles. The fourth-order valence-electron chi connectivity index (χ4n) is 0.801. The van der Waals surface area contributed by atoms with E-state index in [1.54, 1.807) is 24.3 Å². The van der Waals surface area contributed by atoms with Gasteiger partial charge in [0.25, 0.3) is 0 Å². The highest BCUT2D eigenvalue weighted by atomic mass is 79.9. The topological polar surface area (TPSA) is 34.1 Å². The van der Waals surface area contributed by atoms with Gasteiger partial charge in [0.15, 0.2) is 0 Å². The van der Waals surface area contributed by atoms with Crippen LogP contribution < -0.4 is 0 Å². The van der Waals surface area contributed by atoms with Crippen LogP contribution in [0.15, 0.2) is 28.7 Å². The van der Waals surface area contributed by atoms with Crippen molar-refractivity contribution < 1.29 is 12.3 Å². The fourth-order valence-corrected chi connectivity index (χ4v) is 2.03. The zero-order valence-corrected chi connectivity index (χ0v) is 8.40. The van der Waals surface area contributed by atoms with E-state index in [1.165, 1.54) is 0 Å². The molecular weight excluding hydrogens is 247 g/mol. The molecule has 1 aromatic rings. The molecule has 1 rings (SSSR count). The van der Waals surface area contributed by atoms with E-state index >= 15 is 0 Å². The van der Waals surface area contributed by atoms with Crippen LogP contribution in [0, 0.1) is 0 Å². The second kappa shape index (κ2) is 3.53. The van der Waals surface area contributed by atoms with Crippen LogP contribution in [0.5, 0.6) is 0 Å². The van der Waals surface area contributed by atoms with Gasteiger partial charge in [-0.05, 0) is 11.6 Å². The summed E-state index contributed by atoms with van der Waals surface area (Å²) in [6.07, 6.45) is 0. The van der Waals surface area contributed by atoms with Crippen molar-refractivity contribution in [3.8, 4) is 0 Å². The van der Waals surface area contributed by atoms with Crippen molar-refractivity contribution in [3.05, 3.63) is 34.3 Å². The summed E-state index contributed by atoms with van der Waals surface area (Å²) in [5, 5.41) is 0. The van der Waals surface area contributed by atoms with Gasteiger partial charge in [-0.15, -0.1) is 3.89 Å².